The summed E-state index contributed by atoms with van der Waals surface area (Å²) in [6.07, 6.45) is 8.58. The van der Waals surface area contributed by atoms with Crippen molar-refractivity contribution in [1.29, 1.82) is 0 Å². The highest BCUT2D eigenvalue weighted by Crippen LogP contribution is 2.54. The van der Waals surface area contributed by atoms with Gasteiger partial charge in [0.25, 0.3) is 0 Å². The minimum atomic E-state index is 0.175. The van der Waals surface area contributed by atoms with Crippen molar-refractivity contribution in [2.24, 2.45) is 5.92 Å². The summed E-state index contributed by atoms with van der Waals surface area (Å²) < 4.78 is 6.20. The van der Waals surface area contributed by atoms with Gasteiger partial charge < -0.3 is 14.9 Å². The lowest BCUT2D eigenvalue weighted by molar-refractivity contribution is 0.246. The first kappa shape index (κ1) is 22.2. The maximum atomic E-state index is 10.3. The molecule has 35 heavy (non-hydrogen) atoms. The van der Waals surface area contributed by atoms with Crippen LogP contribution in [0, 0.1) is 5.92 Å². The normalized spacial score (nSPS) is 22.9. The van der Waals surface area contributed by atoms with Crippen LogP contribution in [0.3, 0.4) is 0 Å². The molecule has 3 aliphatic rings. The first-order valence-electron chi connectivity index (χ1n) is 12.9. The summed E-state index contributed by atoms with van der Waals surface area (Å²) >= 11 is 0. The van der Waals surface area contributed by atoms with Crippen LogP contribution >= 0.6 is 0 Å². The molecule has 2 aliphatic carbocycles. The van der Waals surface area contributed by atoms with Gasteiger partial charge in [0.15, 0.2) is 0 Å². The van der Waals surface area contributed by atoms with Crippen LogP contribution in [0.25, 0.3) is 0 Å². The lowest BCUT2D eigenvalue weighted by Gasteiger charge is -2.37. The average molecular weight is 468 g/mol. The topological polar surface area (TPSA) is 52.9 Å². The Labute approximate surface area is 207 Å². The summed E-state index contributed by atoms with van der Waals surface area (Å²) in [5.74, 6) is 2.55. The van der Waals surface area contributed by atoms with Gasteiger partial charge in [0, 0.05) is 25.6 Å². The molecule has 0 radical (unpaired) electrons. The molecule has 0 aromatic heterocycles. The van der Waals surface area contributed by atoms with Crippen LogP contribution in [-0.4, -0.2) is 41.4 Å². The lowest BCUT2D eigenvalue weighted by Crippen LogP contribution is -2.29. The third-order valence-electron chi connectivity index (χ3n) is 8.08. The molecule has 1 aliphatic heterocycles. The predicted molar refractivity (Wildman–Crippen MR) is 138 cm³/mol. The molecule has 0 fully saturated rings. The van der Waals surface area contributed by atoms with Crippen molar-refractivity contribution in [3.63, 3.8) is 0 Å². The van der Waals surface area contributed by atoms with E-state index in [9.17, 15) is 10.2 Å². The molecule has 0 bridgehead atoms. The van der Waals surface area contributed by atoms with Crippen LogP contribution in [0.4, 0.5) is 0 Å². The highest BCUT2D eigenvalue weighted by Gasteiger charge is 2.43. The van der Waals surface area contributed by atoms with E-state index in [0.29, 0.717) is 29.9 Å². The highest BCUT2D eigenvalue weighted by atomic mass is 16.5. The standard InChI is InChI=1S/C31H33NO3/c33-24-10-11-27-23(16-24)19-30-29(27)18-21-8-9-25(34)20-28(21)31(30)22-6-4-7-26(17-22)35-15-5-14-32-12-2-1-3-13-32/h1-2,4,6-11,16-17,20,29-31,33-34H,3,5,12-15,18-19H2. The van der Waals surface area contributed by atoms with Crippen LogP contribution in [-0.2, 0) is 12.8 Å². The molecular weight excluding hydrogens is 434 g/mol. The molecule has 3 aromatic rings. The summed E-state index contributed by atoms with van der Waals surface area (Å²) in [7, 11) is 0. The highest BCUT2D eigenvalue weighted by molar-refractivity contribution is 5.52. The quantitative estimate of drug-likeness (QED) is 0.357. The van der Waals surface area contributed by atoms with E-state index in [1.54, 1.807) is 6.07 Å². The van der Waals surface area contributed by atoms with Gasteiger partial charge in [-0.15, -0.1) is 0 Å². The number of aromatic hydroxyl groups is 2. The van der Waals surface area contributed by atoms with Gasteiger partial charge in [-0.3, -0.25) is 4.90 Å². The Hall–Kier alpha value is -3.24. The predicted octanol–water partition coefficient (Wildman–Crippen LogP) is 5.77. The first-order chi connectivity index (χ1) is 17.2. The second-order valence-corrected chi connectivity index (χ2v) is 10.3. The van der Waals surface area contributed by atoms with Crippen molar-refractivity contribution < 1.29 is 14.9 Å². The number of phenolic OH excluding ortho intramolecular Hbond substituents is 2. The van der Waals surface area contributed by atoms with Crippen LogP contribution in [0.15, 0.2) is 72.8 Å². The molecule has 4 nitrogen and oxygen atoms in total. The fourth-order valence-corrected chi connectivity index (χ4v) is 6.49. The molecule has 6 rings (SSSR count). The third kappa shape index (κ3) is 4.43. The molecule has 2 N–H and O–H groups in total. The molecule has 0 spiro atoms. The van der Waals surface area contributed by atoms with Crippen molar-refractivity contribution in [3.8, 4) is 17.2 Å². The summed E-state index contributed by atoms with van der Waals surface area (Å²) in [4.78, 5) is 2.47. The van der Waals surface area contributed by atoms with Crippen molar-refractivity contribution in [2.45, 2.75) is 37.5 Å². The fraction of sp³-hybridized carbons (Fsp3) is 0.355. The van der Waals surface area contributed by atoms with E-state index >= 15 is 0 Å². The molecule has 4 heteroatoms. The number of benzene rings is 3. The number of hydrogen-bond acceptors (Lipinski definition) is 4. The number of hydrogen-bond donors (Lipinski definition) is 2. The summed E-state index contributed by atoms with van der Waals surface area (Å²) in [6.45, 7) is 3.96. The van der Waals surface area contributed by atoms with E-state index < -0.39 is 0 Å². The molecule has 0 saturated carbocycles. The van der Waals surface area contributed by atoms with E-state index in [2.05, 4.69) is 53.5 Å². The Morgan fingerprint density at radius 2 is 1.74 bits per heavy atom. The Morgan fingerprint density at radius 3 is 2.63 bits per heavy atom. The minimum Gasteiger partial charge on any atom is -0.508 e. The molecule has 0 amide bonds. The minimum absolute atomic E-state index is 0.175. The first-order valence-corrected chi connectivity index (χ1v) is 12.9. The molecule has 180 valence electrons. The Balaban J connectivity index is 1.25. The van der Waals surface area contributed by atoms with E-state index in [1.807, 2.05) is 18.2 Å². The van der Waals surface area contributed by atoms with E-state index in [4.69, 9.17) is 4.74 Å². The second-order valence-electron chi connectivity index (χ2n) is 10.3. The molecule has 3 unspecified atom stereocenters. The maximum absolute atomic E-state index is 10.3. The lowest BCUT2D eigenvalue weighted by atomic mass is 9.67. The number of ether oxygens (including phenoxy) is 1. The van der Waals surface area contributed by atoms with Crippen LogP contribution in [0.1, 0.15) is 52.5 Å². The molecule has 0 saturated heterocycles. The van der Waals surface area contributed by atoms with Crippen LogP contribution in [0.2, 0.25) is 0 Å². The summed E-state index contributed by atoms with van der Waals surface area (Å²) in [6, 6.07) is 20.3. The zero-order valence-corrected chi connectivity index (χ0v) is 20.1. The van der Waals surface area contributed by atoms with E-state index in [0.717, 1.165) is 51.1 Å². The molecule has 3 atom stereocenters. The number of phenols is 2. The molecule has 1 heterocycles. The van der Waals surface area contributed by atoms with E-state index in [1.165, 1.54) is 27.8 Å². The van der Waals surface area contributed by atoms with Gasteiger partial charge in [-0.05, 0) is 102 Å². The van der Waals surface area contributed by atoms with Gasteiger partial charge >= 0.3 is 0 Å². The smallest absolute Gasteiger partial charge is 0.119 e. The second kappa shape index (κ2) is 9.43. The van der Waals surface area contributed by atoms with Crippen molar-refractivity contribution in [3.05, 3.63) is 101 Å². The Morgan fingerprint density at radius 1 is 0.857 bits per heavy atom. The monoisotopic (exact) mass is 467 g/mol. The molecule has 3 aromatic carbocycles. The zero-order valence-electron chi connectivity index (χ0n) is 20.1. The van der Waals surface area contributed by atoms with Gasteiger partial charge in [-0.2, -0.15) is 0 Å². The number of rotatable bonds is 6. The maximum Gasteiger partial charge on any atom is 0.119 e. The Kier molecular flexibility index (Phi) is 5.99. The number of nitrogens with zero attached hydrogens (tertiary/aromatic N) is 1. The Bertz CT molecular complexity index is 1250. The van der Waals surface area contributed by atoms with Crippen LogP contribution < -0.4 is 4.74 Å². The van der Waals surface area contributed by atoms with Gasteiger partial charge in [-0.1, -0.05) is 36.4 Å². The SMILES string of the molecule is Oc1ccc2c(c1)CC1C2Cc2ccc(O)cc2C1c1cccc(OCCCN2CC=CCC2)c1. The van der Waals surface area contributed by atoms with E-state index in [-0.39, 0.29) is 5.92 Å². The largest absolute Gasteiger partial charge is 0.508 e. The third-order valence-corrected chi connectivity index (χ3v) is 8.08. The average Bonchev–Trinajstić information content (AvgIpc) is 3.23. The fourth-order valence-electron chi connectivity index (χ4n) is 6.49. The van der Waals surface area contributed by atoms with Crippen molar-refractivity contribution >= 4 is 0 Å². The summed E-state index contributed by atoms with van der Waals surface area (Å²) in [5, 5.41) is 20.4. The molecular formula is C31H33NO3. The van der Waals surface area contributed by atoms with Crippen molar-refractivity contribution in [1.82, 2.24) is 4.90 Å². The van der Waals surface area contributed by atoms with Gasteiger partial charge in [-0.25, -0.2) is 0 Å². The zero-order chi connectivity index (χ0) is 23.8. The van der Waals surface area contributed by atoms with Gasteiger partial charge in [0.2, 0.25) is 0 Å². The number of fused-ring (bicyclic) bond motifs is 4. The van der Waals surface area contributed by atoms with Crippen LogP contribution in [0.5, 0.6) is 17.2 Å². The van der Waals surface area contributed by atoms with Gasteiger partial charge in [0.05, 0.1) is 6.61 Å². The van der Waals surface area contributed by atoms with Gasteiger partial charge in [0.1, 0.15) is 17.2 Å². The van der Waals surface area contributed by atoms with Crippen molar-refractivity contribution in [2.75, 3.05) is 26.2 Å². The summed E-state index contributed by atoms with van der Waals surface area (Å²) in [5.41, 5.74) is 6.37.